The van der Waals surface area contributed by atoms with Gasteiger partial charge in [0.2, 0.25) is 11.8 Å². The number of hydrogen-bond donors (Lipinski definition) is 1. The molecule has 3 rings (SSSR count). The Bertz CT molecular complexity index is 630. The first-order valence-electron chi connectivity index (χ1n) is 9.29. The van der Waals surface area contributed by atoms with E-state index < -0.39 is 0 Å². The molecule has 1 N–H and O–H groups in total. The van der Waals surface area contributed by atoms with E-state index in [0.717, 1.165) is 42.5 Å². The number of hydrogen-bond acceptors (Lipinski definition) is 3. The van der Waals surface area contributed by atoms with Crippen molar-refractivity contribution in [2.75, 3.05) is 31.6 Å². The molecule has 0 radical (unpaired) electrons. The van der Waals surface area contributed by atoms with E-state index in [2.05, 4.69) is 5.32 Å². The predicted molar refractivity (Wildman–Crippen MR) is 97.4 cm³/mol. The summed E-state index contributed by atoms with van der Waals surface area (Å²) in [5, 5.41) is 3.08. The molecular formula is C20H28N2O3. The van der Waals surface area contributed by atoms with Gasteiger partial charge in [0, 0.05) is 30.6 Å². The van der Waals surface area contributed by atoms with Gasteiger partial charge in [-0.1, -0.05) is 12.1 Å². The van der Waals surface area contributed by atoms with Crippen LogP contribution < -0.4 is 5.32 Å². The molecule has 2 aliphatic rings. The molecule has 1 aliphatic carbocycles. The molecule has 0 atom stereocenters. The van der Waals surface area contributed by atoms with Gasteiger partial charge in [-0.25, -0.2) is 0 Å². The van der Waals surface area contributed by atoms with Crippen molar-refractivity contribution < 1.29 is 14.3 Å². The van der Waals surface area contributed by atoms with Crippen LogP contribution in [-0.4, -0.2) is 43.0 Å². The van der Waals surface area contributed by atoms with Gasteiger partial charge in [-0.15, -0.1) is 0 Å². The van der Waals surface area contributed by atoms with Crippen LogP contribution in [0.3, 0.4) is 0 Å². The third-order valence-electron chi connectivity index (χ3n) is 5.42. The smallest absolute Gasteiger partial charge is 0.227 e. The molecule has 1 saturated heterocycles. The minimum atomic E-state index is 0.00801. The molecule has 136 valence electrons. The third-order valence-corrected chi connectivity index (χ3v) is 5.42. The highest BCUT2D eigenvalue weighted by atomic mass is 16.5. The quantitative estimate of drug-likeness (QED) is 0.917. The molecule has 0 bridgehead atoms. The highest BCUT2D eigenvalue weighted by Crippen LogP contribution is 2.31. The van der Waals surface area contributed by atoms with Gasteiger partial charge in [-0.3, -0.25) is 9.59 Å². The van der Waals surface area contributed by atoms with Crippen molar-refractivity contribution in [1.29, 1.82) is 0 Å². The van der Waals surface area contributed by atoms with Crippen molar-refractivity contribution in [1.82, 2.24) is 4.90 Å². The van der Waals surface area contributed by atoms with Gasteiger partial charge in [-0.2, -0.15) is 0 Å². The van der Waals surface area contributed by atoms with Crippen LogP contribution in [0.5, 0.6) is 0 Å². The fraction of sp³-hybridized carbons (Fsp3) is 0.600. The first kappa shape index (κ1) is 17.9. The van der Waals surface area contributed by atoms with Crippen LogP contribution in [0.15, 0.2) is 18.2 Å². The van der Waals surface area contributed by atoms with Gasteiger partial charge in [0.1, 0.15) is 0 Å². The number of ether oxygens (including phenoxy) is 1. The third kappa shape index (κ3) is 4.40. The Hall–Kier alpha value is -1.88. The first-order chi connectivity index (χ1) is 12.0. The number of carbonyl (C=O) groups excluding carboxylic acids is 2. The molecule has 1 heterocycles. The van der Waals surface area contributed by atoms with Crippen LogP contribution in [0.2, 0.25) is 0 Å². The molecule has 1 aliphatic heterocycles. The molecule has 25 heavy (non-hydrogen) atoms. The lowest BCUT2D eigenvalue weighted by atomic mass is 9.80. The minimum Gasteiger partial charge on any atom is -0.378 e. The second-order valence-electron chi connectivity index (χ2n) is 7.29. The van der Waals surface area contributed by atoms with Crippen LogP contribution in [0.1, 0.15) is 36.8 Å². The second kappa shape index (κ2) is 8.00. The van der Waals surface area contributed by atoms with Gasteiger partial charge in [0.05, 0.1) is 13.2 Å². The SMILES string of the molecule is Cc1ccc(C)c(NC(=O)C2CCC(C(=O)N3CCOCC3)CC2)c1. The van der Waals surface area contributed by atoms with E-state index in [1.54, 1.807) is 0 Å². The highest BCUT2D eigenvalue weighted by molar-refractivity contribution is 5.93. The van der Waals surface area contributed by atoms with E-state index in [4.69, 9.17) is 4.74 Å². The second-order valence-corrected chi connectivity index (χ2v) is 7.29. The molecule has 5 nitrogen and oxygen atoms in total. The van der Waals surface area contributed by atoms with Crippen LogP contribution in [-0.2, 0) is 14.3 Å². The number of carbonyl (C=O) groups is 2. The standard InChI is InChI=1S/C20H28N2O3/c1-14-3-4-15(2)18(13-14)21-19(23)16-5-7-17(8-6-16)20(24)22-9-11-25-12-10-22/h3-4,13,16-17H,5-12H2,1-2H3,(H,21,23). The number of benzene rings is 1. The van der Waals surface area contributed by atoms with Gasteiger partial charge < -0.3 is 15.0 Å². The molecule has 2 amide bonds. The molecule has 0 spiro atoms. The maximum Gasteiger partial charge on any atom is 0.227 e. The number of amides is 2. The van der Waals surface area contributed by atoms with E-state index >= 15 is 0 Å². The predicted octanol–water partition coefficient (Wildman–Crippen LogP) is 2.91. The Morgan fingerprint density at radius 1 is 1.04 bits per heavy atom. The Morgan fingerprint density at radius 3 is 2.36 bits per heavy atom. The van der Waals surface area contributed by atoms with E-state index in [1.165, 1.54) is 0 Å². The molecule has 1 aromatic rings. The topological polar surface area (TPSA) is 58.6 Å². The first-order valence-corrected chi connectivity index (χ1v) is 9.29. The maximum atomic E-state index is 12.6. The summed E-state index contributed by atoms with van der Waals surface area (Å²) in [7, 11) is 0. The fourth-order valence-electron chi connectivity index (χ4n) is 3.75. The lowest BCUT2D eigenvalue weighted by Crippen LogP contribution is -2.44. The molecule has 0 unspecified atom stereocenters. The summed E-state index contributed by atoms with van der Waals surface area (Å²) < 4.78 is 5.31. The largest absolute Gasteiger partial charge is 0.378 e. The Labute approximate surface area is 149 Å². The average molecular weight is 344 g/mol. The van der Waals surface area contributed by atoms with Crippen LogP contribution in [0.4, 0.5) is 5.69 Å². The number of anilines is 1. The van der Waals surface area contributed by atoms with Gasteiger partial charge in [0.15, 0.2) is 0 Å². The van der Waals surface area contributed by atoms with E-state index in [1.807, 2.05) is 36.9 Å². The summed E-state index contributed by atoms with van der Waals surface area (Å²) in [4.78, 5) is 27.1. The summed E-state index contributed by atoms with van der Waals surface area (Å²) in [6, 6.07) is 6.09. The zero-order valence-electron chi connectivity index (χ0n) is 15.2. The summed E-state index contributed by atoms with van der Waals surface area (Å²) in [5.41, 5.74) is 3.12. The fourth-order valence-corrected chi connectivity index (χ4v) is 3.75. The van der Waals surface area contributed by atoms with Gasteiger partial charge in [0.25, 0.3) is 0 Å². The maximum absolute atomic E-state index is 12.6. The number of rotatable bonds is 3. The lowest BCUT2D eigenvalue weighted by molar-refractivity contribution is -0.141. The Morgan fingerprint density at radius 2 is 1.68 bits per heavy atom. The average Bonchev–Trinajstić information content (AvgIpc) is 2.65. The van der Waals surface area contributed by atoms with E-state index in [-0.39, 0.29) is 23.7 Å². The van der Waals surface area contributed by atoms with Crippen molar-refractivity contribution in [3.8, 4) is 0 Å². The summed E-state index contributed by atoms with van der Waals surface area (Å²) >= 11 is 0. The number of aryl methyl sites for hydroxylation is 2. The van der Waals surface area contributed by atoms with E-state index in [0.29, 0.717) is 26.3 Å². The number of morpholine rings is 1. The lowest BCUT2D eigenvalue weighted by Gasteiger charge is -2.33. The molecule has 1 aromatic carbocycles. The van der Waals surface area contributed by atoms with Crippen molar-refractivity contribution in [2.24, 2.45) is 11.8 Å². The van der Waals surface area contributed by atoms with E-state index in [9.17, 15) is 9.59 Å². The van der Waals surface area contributed by atoms with Crippen molar-refractivity contribution in [2.45, 2.75) is 39.5 Å². The van der Waals surface area contributed by atoms with Gasteiger partial charge >= 0.3 is 0 Å². The monoisotopic (exact) mass is 344 g/mol. The van der Waals surface area contributed by atoms with Crippen LogP contribution >= 0.6 is 0 Å². The van der Waals surface area contributed by atoms with Gasteiger partial charge in [-0.05, 0) is 56.7 Å². The van der Waals surface area contributed by atoms with Crippen molar-refractivity contribution in [3.63, 3.8) is 0 Å². The summed E-state index contributed by atoms with van der Waals surface area (Å²) in [5.74, 6) is 0.416. The molecule has 1 saturated carbocycles. The zero-order valence-corrected chi connectivity index (χ0v) is 15.2. The highest BCUT2D eigenvalue weighted by Gasteiger charge is 2.32. The molecular weight excluding hydrogens is 316 g/mol. The number of nitrogens with one attached hydrogen (secondary N) is 1. The number of nitrogens with zero attached hydrogens (tertiary/aromatic N) is 1. The minimum absolute atomic E-state index is 0.00801. The molecule has 0 aromatic heterocycles. The normalized spacial score (nSPS) is 24.0. The molecule has 5 heteroatoms. The van der Waals surface area contributed by atoms with Crippen molar-refractivity contribution >= 4 is 17.5 Å². The zero-order chi connectivity index (χ0) is 17.8. The Kier molecular flexibility index (Phi) is 5.74. The summed E-state index contributed by atoms with van der Waals surface area (Å²) in [6.45, 7) is 6.71. The molecule has 2 fully saturated rings. The van der Waals surface area contributed by atoms with Crippen molar-refractivity contribution in [3.05, 3.63) is 29.3 Å². The summed E-state index contributed by atoms with van der Waals surface area (Å²) in [6.07, 6.45) is 3.19. The van der Waals surface area contributed by atoms with Crippen LogP contribution in [0.25, 0.3) is 0 Å². The Balaban J connectivity index is 1.52. The van der Waals surface area contributed by atoms with Crippen LogP contribution in [0, 0.1) is 25.7 Å².